The zero-order valence-corrected chi connectivity index (χ0v) is 12.1. The van der Waals surface area contributed by atoms with Crippen LogP contribution in [0.2, 0.25) is 0 Å². The summed E-state index contributed by atoms with van der Waals surface area (Å²) >= 11 is 0. The van der Waals surface area contributed by atoms with Gasteiger partial charge < -0.3 is 10.4 Å². The van der Waals surface area contributed by atoms with Crippen molar-refractivity contribution in [3.63, 3.8) is 0 Å². The lowest BCUT2D eigenvalue weighted by atomic mass is 9.78. The molecule has 0 amide bonds. The molecule has 1 heterocycles. The number of rotatable bonds is 4. The highest BCUT2D eigenvalue weighted by Crippen LogP contribution is 2.34. The van der Waals surface area contributed by atoms with Gasteiger partial charge in [0.15, 0.2) is 0 Å². The fourth-order valence-electron chi connectivity index (χ4n) is 2.75. The summed E-state index contributed by atoms with van der Waals surface area (Å²) in [5.41, 5.74) is -1.77. The molecular formula is C15H21F3N2O. The van der Waals surface area contributed by atoms with Crippen molar-refractivity contribution in [3.8, 4) is 0 Å². The van der Waals surface area contributed by atoms with Gasteiger partial charge in [0.25, 0.3) is 0 Å². The lowest BCUT2D eigenvalue weighted by Gasteiger charge is -2.36. The normalized spacial score (nSPS) is 26.6. The monoisotopic (exact) mass is 302 g/mol. The highest BCUT2D eigenvalue weighted by molar-refractivity contribution is 5.36. The topological polar surface area (TPSA) is 45.1 Å². The van der Waals surface area contributed by atoms with E-state index in [-0.39, 0.29) is 12.4 Å². The Kier molecular flexibility index (Phi) is 4.76. The number of nitrogens with zero attached hydrogens (tertiary/aromatic N) is 1. The molecule has 0 aliphatic heterocycles. The van der Waals surface area contributed by atoms with E-state index in [0.29, 0.717) is 18.8 Å². The Balaban J connectivity index is 1.94. The van der Waals surface area contributed by atoms with E-state index in [1.165, 1.54) is 12.1 Å². The minimum absolute atomic E-state index is 0.149. The third kappa shape index (κ3) is 4.33. The lowest BCUT2D eigenvalue weighted by molar-refractivity contribution is -0.141. The molecule has 0 atom stereocenters. The van der Waals surface area contributed by atoms with Crippen molar-refractivity contribution in [2.75, 3.05) is 11.9 Å². The lowest BCUT2D eigenvalue weighted by Crippen LogP contribution is -2.40. The predicted octanol–water partition coefficient (Wildman–Crippen LogP) is 3.84. The Hall–Kier alpha value is -1.30. The van der Waals surface area contributed by atoms with Crippen LogP contribution >= 0.6 is 0 Å². The molecule has 1 aromatic heterocycles. The third-order valence-corrected chi connectivity index (χ3v) is 4.25. The van der Waals surface area contributed by atoms with Crippen LogP contribution < -0.4 is 5.32 Å². The van der Waals surface area contributed by atoms with E-state index in [4.69, 9.17) is 0 Å². The van der Waals surface area contributed by atoms with Crippen molar-refractivity contribution in [3.05, 3.63) is 23.9 Å². The Morgan fingerprint density at radius 3 is 2.57 bits per heavy atom. The van der Waals surface area contributed by atoms with Gasteiger partial charge in [-0.25, -0.2) is 4.98 Å². The zero-order chi connectivity index (χ0) is 15.5. The molecule has 1 aliphatic rings. The van der Waals surface area contributed by atoms with Crippen LogP contribution in [0.3, 0.4) is 0 Å². The summed E-state index contributed by atoms with van der Waals surface area (Å²) in [6.07, 6.45) is -0.0587. The predicted molar refractivity (Wildman–Crippen MR) is 74.9 cm³/mol. The highest BCUT2D eigenvalue weighted by Gasteiger charge is 2.34. The molecule has 118 valence electrons. The molecule has 0 bridgehead atoms. The molecule has 21 heavy (non-hydrogen) atoms. The largest absolute Gasteiger partial charge is 0.433 e. The molecular weight excluding hydrogens is 281 g/mol. The molecule has 3 nitrogen and oxygen atoms in total. The van der Waals surface area contributed by atoms with Crippen molar-refractivity contribution in [2.24, 2.45) is 5.92 Å². The van der Waals surface area contributed by atoms with E-state index in [1.54, 1.807) is 0 Å². The van der Waals surface area contributed by atoms with Gasteiger partial charge in [0.2, 0.25) is 0 Å². The van der Waals surface area contributed by atoms with Crippen LogP contribution in [0, 0.1) is 5.92 Å². The van der Waals surface area contributed by atoms with Gasteiger partial charge in [0.1, 0.15) is 11.5 Å². The van der Waals surface area contributed by atoms with Crippen LogP contribution in [-0.4, -0.2) is 22.2 Å². The number of alkyl halides is 3. The van der Waals surface area contributed by atoms with Gasteiger partial charge in [-0.1, -0.05) is 19.4 Å². The molecule has 0 radical (unpaired) electrons. The van der Waals surface area contributed by atoms with Crippen molar-refractivity contribution in [1.29, 1.82) is 0 Å². The van der Waals surface area contributed by atoms with Crippen molar-refractivity contribution < 1.29 is 18.3 Å². The van der Waals surface area contributed by atoms with Gasteiger partial charge in [0.05, 0.1) is 5.60 Å². The number of anilines is 1. The molecule has 0 spiro atoms. The van der Waals surface area contributed by atoms with Crippen molar-refractivity contribution >= 4 is 5.82 Å². The quantitative estimate of drug-likeness (QED) is 0.888. The molecule has 1 fully saturated rings. The smallest absolute Gasteiger partial charge is 0.388 e. The molecule has 6 heteroatoms. The molecule has 0 aromatic carbocycles. The SMILES string of the molecule is CCC1CCC(O)(CNc2cccc(C(F)(F)F)n2)CC1. The second-order valence-corrected chi connectivity index (χ2v) is 5.84. The van der Waals surface area contributed by atoms with E-state index in [2.05, 4.69) is 17.2 Å². The van der Waals surface area contributed by atoms with Crippen LogP contribution in [0.25, 0.3) is 0 Å². The standard InChI is InChI=1S/C15H21F3N2O/c1-2-11-6-8-14(21,9-7-11)10-19-13-5-3-4-12(20-13)15(16,17)18/h3-5,11,21H,2,6-10H2,1H3,(H,19,20). The number of aromatic nitrogens is 1. The number of halogens is 3. The number of aliphatic hydroxyl groups is 1. The van der Waals surface area contributed by atoms with Crippen LogP contribution in [-0.2, 0) is 6.18 Å². The zero-order valence-electron chi connectivity index (χ0n) is 12.1. The maximum Gasteiger partial charge on any atom is 0.433 e. The highest BCUT2D eigenvalue weighted by atomic mass is 19.4. The summed E-state index contributed by atoms with van der Waals surface area (Å²) in [6, 6.07) is 3.73. The van der Waals surface area contributed by atoms with Crippen molar-refractivity contribution in [1.82, 2.24) is 4.98 Å². The first-order chi connectivity index (χ1) is 9.82. The van der Waals surface area contributed by atoms with Crippen LogP contribution in [0.5, 0.6) is 0 Å². The molecule has 0 saturated heterocycles. The average Bonchev–Trinajstić information content (AvgIpc) is 2.46. The van der Waals surface area contributed by atoms with Gasteiger partial charge in [-0.3, -0.25) is 0 Å². The van der Waals surface area contributed by atoms with Crippen LogP contribution in [0.1, 0.15) is 44.7 Å². The van der Waals surface area contributed by atoms with Gasteiger partial charge in [-0.05, 0) is 43.7 Å². The Morgan fingerprint density at radius 2 is 2.00 bits per heavy atom. The summed E-state index contributed by atoms with van der Waals surface area (Å²) in [5, 5.41) is 13.3. The number of pyridine rings is 1. The second-order valence-electron chi connectivity index (χ2n) is 5.84. The first-order valence-electron chi connectivity index (χ1n) is 7.33. The first kappa shape index (κ1) is 16.1. The molecule has 1 aliphatic carbocycles. The van der Waals surface area contributed by atoms with E-state index in [9.17, 15) is 18.3 Å². The average molecular weight is 302 g/mol. The number of hydrogen-bond acceptors (Lipinski definition) is 3. The van der Waals surface area contributed by atoms with Crippen molar-refractivity contribution in [2.45, 2.75) is 50.8 Å². The summed E-state index contributed by atoms with van der Waals surface area (Å²) in [7, 11) is 0. The van der Waals surface area contributed by atoms with Crippen LogP contribution in [0.4, 0.5) is 19.0 Å². The fraction of sp³-hybridized carbons (Fsp3) is 0.667. The Labute approximate surface area is 122 Å². The summed E-state index contributed by atoms with van der Waals surface area (Å²) in [5.74, 6) is 0.799. The molecule has 1 saturated carbocycles. The van der Waals surface area contributed by atoms with Gasteiger partial charge in [0, 0.05) is 6.54 Å². The van der Waals surface area contributed by atoms with E-state index in [1.807, 2.05) is 0 Å². The molecule has 2 rings (SSSR count). The maximum absolute atomic E-state index is 12.6. The van der Waals surface area contributed by atoms with Gasteiger partial charge >= 0.3 is 6.18 Å². The minimum atomic E-state index is -4.45. The Morgan fingerprint density at radius 1 is 1.33 bits per heavy atom. The fourth-order valence-corrected chi connectivity index (χ4v) is 2.75. The third-order valence-electron chi connectivity index (χ3n) is 4.25. The molecule has 2 N–H and O–H groups in total. The maximum atomic E-state index is 12.6. The number of hydrogen-bond donors (Lipinski definition) is 2. The van der Waals surface area contributed by atoms with Gasteiger partial charge in [-0.15, -0.1) is 0 Å². The Bertz CT molecular complexity index is 468. The van der Waals surface area contributed by atoms with E-state index < -0.39 is 17.5 Å². The summed E-state index contributed by atoms with van der Waals surface area (Å²) < 4.78 is 37.7. The number of nitrogens with one attached hydrogen (secondary N) is 1. The summed E-state index contributed by atoms with van der Waals surface area (Å²) in [6.45, 7) is 2.37. The minimum Gasteiger partial charge on any atom is -0.388 e. The molecule has 0 unspecified atom stereocenters. The van der Waals surface area contributed by atoms with E-state index >= 15 is 0 Å². The summed E-state index contributed by atoms with van der Waals surface area (Å²) in [4.78, 5) is 3.54. The van der Waals surface area contributed by atoms with Gasteiger partial charge in [-0.2, -0.15) is 13.2 Å². The molecule has 1 aromatic rings. The van der Waals surface area contributed by atoms with E-state index in [0.717, 1.165) is 25.3 Å². The second kappa shape index (κ2) is 6.22. The van der Waals surface area contributed by atoms with Crippen LogP contribution in [0.15, 0.2) is 18.2 Å². The first-order valence-corrected chi connectivity index (χ1v) is 7.33.